The highest BCUT2D eigenvalue weighted by atomic mass is 19.4. The van der Waals surface area contributed by atoms with Gasteiger partial charge in [0.1, 0.15) is 0 Å². The molecule has 0 aliphatic rings. The average molecular weight is 263 g/mol. The second-order valence-electron chi connectivity index (χ2n) is 4.09. The maximum Gasteiger partial charge on any atom is 0.416 e. The fraction of sp³-hybridized carbons (Fsp3) is 0.0667. The summed E-state index contributed by atoms with van der Waals surface area (Å²) in [6, 6.07) is 12.8. The minimum absolute atomic E-state index is 0.113. The van der Waals surface area contributed by atoms with Gasteiger partial charge in [0.25, 0.3) is 0 Å². The van der Waals surface area contributed by atoms with Gasteiger partial charge in [0, 0.05) is 5.69 Å². The van der Waals surface area contributed by atoms with E-state index in [9.17, 15) is 13.2 Å². The summed E-state index contributed by atoms with van der Waals surface area (Å²) < 4.78 is 37.4. The molecular weight excluding hydrogens is 251 g/mol. The van der Waals surface area contributed by atoms with E-state index in [0.717, 1.165) is 17.7 Å². The van der Waals surface area contributed by atoms with Crippen LogP contribution < -0.4 is 5.73 Å². The van der Waals surface area contributed by atoms with E-state index in [4.69, 9.17) is 5.73 Å². The Kier molecular flexibility index (Phi) is 3.60. The standard InChI is InChI=1S/C15H12F3N/c16-15(17,18)13-9-8-12(14(19)10-13)7-6-11-4-2-1-3-5-11/h1-10H,19H2. The molecule has 0 saturated heterocycles. The third kappa shape index (κ3) is 3.37. The molecule has 0 unspecified atom stereocenters. The summed E-state index contributed by atoms with van der Waals surface area (Å²) in [6.07, 6.45) is -0.862. The van der Waals surface area contributed by atoms with Crippen molar-refractivity contribution in [2.45, 2.75) is 6.18 Å². The van der Waals surface area contributed by atoms with Gasteiger partial charge in [-0.25, -0.2) is 0 Å². The van der Waals surface area contributed by atoms with Crippen molar-refractivity contribution < 1.29 is 13.2 Å². The lowest BCUT2D eigenvalue weighted by Gasteiger charge is -2.08. The predicted octanol–water partition coefficient (Wildman–Crippen LogP) is 4.46. The van der Waals surface area contributed by atoms with Crippen LogP contribution in [0.5, 0.6) is 0 Å². The minimum atomic E-state index is -4.37. The smallest absolute Gasteiger partial charge is 0.398 e. The van der Waals surface area contributed by atoms with Crippen molar-refractivity contribution in [2.75, 3.05) is 5.73 Å². The van der Waals surface area contributed by atoms with Gasteiger partial charge in [-0.3, -0.25) is 0 Å². The van der Waals surface area contributed by atoms with Crippen molar-refractivity contribution in [1.82, 2.24) is 0 Å². The zero-order valence-corrected chi connectivity index (χ0v) is 9.98. The number of halogens is 3. The summed E-state index contributed by atoms with van der Waals surface area (Å²) in [5, 5.41) is 0. The van der Waals surface area contributed by atoms with Gasteiger partial charge in [-0.2, -0.15) is 13.2 Å². The molecule has 98 valence electrons. The zero-order valence-electron chi connectivity index (χ0n) is 9.98. The van der Waals surface area contributed by atoms with Gasteiger partial charge >= 0.3 is 6.18 Å². The van der Waals surface area contributed by atoms with Crippen LogP contribution in [-0.4, -0.2) is 0 Å². The summed E-state index contributed by atoms with van der Waals surface area (Å²) in [4.78, 5) is 0. The van der Waals surface area contributed by atoms with Gasteiger partial charge in [-0.1, -0.05) is 48.6 Å². The number of nitrogen functional groups attached to an aromatic ring is 1. The highest BCUT2D eigenvalue weighted by molar-refractivity contribution is 5.76. The van der Waals surface area contributed by atoms with Crippen LogP contribution in [0.4, 0.5) is 18.9 Å². The SMILES string of the molecule is Nc1cc(C(F)(F)F)ccc1C=Cc1ccccc1. The monoisotopic (exact) mass is 263 g/mol. The Balaban J connectivity index is 2.25. The Hall–Kier alpha value is -2.23. The van der Waals surface area contributed by atoms with Gasteiger partial charge in [0.15, 0.2) is 0 Å². The highest BCUT2D eigenvalue weighted by Gasteiger charge is 2.30. The summed E-state index contributed by atoms with van der Waals surface area (Å²) in [5.74, 6) is 0. The van der Waals surface area contributed by atoms with Gasteiger partial charge in [-0.05, 0) is 23.3 Å². The van der Waals surface area contributed by atoms with Gasteiger partial charge < -0.3 is 5.73 Å². The first kappa shape index (κ1) is 13.2. The Morgan fingerprint density at radius 1 is 0.895 bits per heavy atom. The normalized spacial score (nSPS) is 11.9. The molecule has 1 nitrogen and oxygen atoms in total. The van der Waals surface area contributed by atoms with Crippen LogP contribution in [0.25, 0.3) is 12.2 Å². The number of anilines is 1. The molecule has 2 N–H and O–H groups in total. The van der Waals surface area contributed by atoms with Gasteiger partial charge in [-0.15, -0.1) is 0 Å². The van der Waals surface area contributed by atoms with Crippen molar-refractivity contribution in [1.29, 1.82) is 0 Å². The Bertz CT molecular complexity index is 586. The molecule has 0 bridgehead atoms. The molecular formula is C15H12F3N. The molecule has 2 rings (SSSR count). The fourth-order valence-electron chi connectivity index (χ4n) is 1.65. The lowest BCUT2D eigenvalue weighted by Crippen LogP contribution is -2.05. The van der Waals surface area contributed by atoms with E-state index in [-0.39, 0.29) is 5.69 Å². The van der Waals surface area contributed by atoms with E-state index in [1.54, 1.807) is 12.2 Å². The van der Waals surface area contributed by atoms with Crippen LogP contribution in [0, 0.1) is 0 Å². The number of hydrogen-bond acceptors (Lipinski definition) is 1. The van der Waals surface area contributed by atoms with Crippen LogP contribution in [0.3, 0.4) is 0 Å². The number of nitrogens with two attached hydrogens (primary N) is 1. The maximum absolute atomic E-state index is 12.5. The number of benzene rings is 2. The van der Waals surface area contributed by atoms with E-state index in [1.807, 2.05) is 30.3 Å². The quantitative estimate of drug-likeness (QED) is 0.628. The Morgan fingerprint density at radius 3 is 2.16 bits per heavy atom. The van der Waals surface area contributed by atoms with Gasteiger partial charge in [0.05, 0.1) is 5.56 Å². The third-order valence-electron chi connectivity index (χ3n) is 2.67. The number of hydrogen-bond donors (Lipinski definition) is 1. The van der Waals surface area contributed by atoms with E-state index in [1.165, 1.54) is 6.07 Å². The molecule has 0 spiro atoms. The molecule has 2 aromatic rings. The van der Waals surface area contributed by atoms with E-state index in [0.29, 0.717) is 5.56 Å². The minimum Gasteiger partial charge on any atom is -0.398 e. The third-order valence-corrected chi connectivity index (χ3v) is 2.67. The highest BCUT2D eigenvalue weighted by Crippen LogP contribution is 2.31. The molecule has 0 amide bonds. The lowest BCUT2D eigenvalue weighted by atomic mass is 10.1. The van der Waals surface area contributed by atoms with E-state index in [2.05, 4.69) is 0 Å². The van der Waals surface area contributed by atoms with Crippen LogP contribution in [0.1, 0.15) is 16.7 Å². The molecule has 0 fully saturated rings. The summed E-state index contributed by atoms with van der Waals surface area (Å²) >= 11 is 0. The number of rotatable bonds is 2. The van der Waals surface area contributed by atoms with E-state index >= 15 is 0 Å². The molecule has 0 saturated carbocycles. The average Bonchev–Trinajstić information content (AvgIpc) is 2.37. The Morgan fingerprint density at radius 2 is 1.58 bits per heavy atom. The predicted molar refractivity (Wildman–Crippen MR) is 71.2 cm³/mol. The maximum atomic E-state index is 12.5. The van der Waals surface area contributed by atoms with Crippen LogP contribution in [-0.2, 0) is 6.18 Å². The van der Waals surface area contributed by atoms with Crippen molar-refractivity contribution in [3.63, 3.8) is 0 Å². The first-order valence-corrected chi connectivity index (χ1v) is 5.67. The summed E-state index contributed by atoms with van der Waals surface area (Å²) in [6.45, 7) is 0. The first-order valence-electron chi connectivity index (χ1n) is 5.67. The molecule has 19 heavy (non-hydrogen) atoms. The first-order chi connectivity index (χ1) is 8.97. The van der Waals surface area contributed by atoms with Crippen molar-refractivity contribution in [3.05, 3.63) is 65.2 Å². The van der Waals surface area contributed by atoms with E-state index < -0.39 is 11.7 Å². The lowest BCUT2D eigenvalue weighted by molar-refractivity contribution is -0.137. The van der Waals surface area contributed by atoms with Crippen molar-refractivity contribution >= 4 is 17.8 Å². The second kappa shape index (κ2) is 5.18. The molecule has 0 radical (unpaired) electrons. The Labute approximate surface area is 109 Å². The largest absolute Gasteiger partial charge is 0.416 e. The van der Waals surface area contributed by atoms with Crippen LogP contribution in [0.2, 0.25) is 0 Å². The number of alkyl halides is 3. The summed E-state index contributed by atoms with van der Waals surface area (Å²) in [5.41, 5.74) is 6.54. The van der Waals surface area contributed by atoms with Crippen LogP contribution in [0.15, 0.2) is 48.5 Å². The molecule has 2 aromatic carbocycles. The van der Waals surface area contributed by atoms with Gasteiger partial charge in [0.2, 0.25) is 0 Å². The molecule has 0 heterocycles. The fourth-order valence-corrected chi connectivity index (χ4v) is 1.65. The molecule has 0 aromatic heterocycles. The second-order valence-corrected chi connectivity index (χ2v) is 4.09. The van der Waals surface area contributed by atoms with Crippen LogP contribution >= 0.6 is 0 Å². The molecule has 0 atom stereocenters. The molecule has 0 aliphatic carbocycles. The van der Waals surface area contributed by atoms with Crippen molar-refractivity contribution in [3.8, 4) is 0 Å². The molecule has 4 heteroatoms. The topological polar surface area (TPSA) is 26.0 Å². The summed E-state index contributed by atoms with van der Waals surface area (Å²) in [7, 11) is 0. The van der Waals surface area contributed by atoms with Crippen molar-refractivity contribution in [2.24, 2.45) is 0 Å². The molecule has 0 aliphatic heterocycles. The zero-order chi connectivity index (χ0) is 13.9.